The Morgan fingerprint density at radius 2 is 1.23 bits per heavy atom. The van der Waals surface area contributed by atoms with Gasteiger partial charge in [0.15, 0.2) is 0 Å². The second kappa shape index (κ2) is 24.1. The number of rotatable bonds is 27. The van der Waals surface area contributed by atoms with Crippen LogP contribution in [0.5, 0.6) is 0 Å². The topological polar surface area (TPSA) is 36.5 Å². The van der Waals surface area contributed by atoms with E-state index in [1.807, 2.05) is 6.07 Å². The summed E-state index contributed by atoms with van der Waals surface area (Å²) < 4.78 is 22.5. The Bertz CT molecular complexity index is 780. The summed E-state index contributed by atoms with van der Waals surface area (Å²) in [7, 11) is 2.05. The van der Waals surface area contributed by atoms with E-state index in [1.54, 1.807) is 0 Å². The number of hydrogen-bond donors (Lipinski definition) is 0. The van der Waals surface area contributed by atoms with Crippen molar-refractivity contribution in [2.45, 2.75) is 129 Å². The molecule has 0 aliphatic rings. The van der Waals surface area contributed by atoms with Gasteiger partial charge in [-0.3, -0.25) is 0 Å². The minimum Gasteiger partial charge on any atom is -0.379 e. The molecule has 2 rings (SSSR count). The lowest BCUT2D eigenvalue weighted by atomic mass is 10.0. The highest BCUT2D eigenvalue weighted by atomic mass is 16.6. The monoisotopic (exact) mass is 543 g/mol. The zero-order valence-corrected chi connectivity index (χ0v) is 25.4. The number of aromatic nitrogens is 2. The molecule has 0 saturated carbocycles. The van der Waals surface area contributed by atoms with E-state index in [0.717, 1.165) is 39.0 Å². The average Bonchev–Trinajstić information content (AvgIpc) is 3.38. The van der Waals surface area contributed by atoms with Gasteiger partial charge in [0.25, 0.3) is 0 Å². The van der Waals surface area contributed by atoms with Crippen LogP contribution >= 0.6 is 0 Å². The van der Waals surface area contributed by atoms with Gasteiger partial charge in [-0.2, -0.15) is 0 Å². The lowest BCUT2D eigenvalue weighted by Crippen LogP contribution is -2.26. The normalized spacial score (nSPS) is 12.3. The smallest absolute Gasteiger partial charge is 0.243 e. The van der Waals surface area contributed by atoms with Crippen LogP contribution in [0.3, 0.4) is 0 Å². The van der Waals surface area contributed by atoms with Crippen LogP contribution in [0.15, 0.2) is 49.1 Å². The number of hydrogen-bond acceptors (Lipinski definition) is 3. The summed E-state index contributed by atoms with van der Waals surface area (Å²) in [5.41, 5.74) is 1.19. The molecule has 0 amide bonds. The van der Waals surface area contributed by atoms with Gasteiger partial charge in [0.1, 0.15) is 18.5 Å². The number of ether oxygens (including phenoxy) is 3. The van der Waals surface area contributed by atoms with Gasteiger partial charge >= 0.3 is 0 Å². The fourth-order valence-corrected chi connectivity index (χ4v) is 4.89. The molecular weight excluding hydrogens is 484 g/mol. The first-order valence-corrected chi connectivity index (χ1v) is 16.1. The second-order valence-corrected chi connectivity index (χ2v) is 11.2. The number of benzene rings is 1. The predicted octanol–water partition coefficient (Wildman–Crippen LogP) is 8.19. The molecule has 0 fully saturated rings. The SMILES string of the molecule is CCCCCCCCCCCCCCCCOCC(COCCCCn1cc[n+](C)c1)OCc1ccccc1. The van der Waals surface area contributed by atoms with Crippen molar-refractivity contribution in [3.05, 3.63) is 54.6 Å². The molecule has 0 N–H and O–H groups in total. The molecule has 1 aromatic carbocycles. The molecule has 0 spiro atoms. The Morgan fingerprint density at radius 1 is 0.692 bits per heavy atom. The lowest BCUT2D eigenvalue weighted by molar-refractivity contribution is -0.671. The number of nitrogens with zero attached hydrogens (tertiary/aromatic N) is 2. The Kier molecular flexibility index (Phi) is 20.7. The molecule has 1 unspecified atom stereocenters. The summed E-state index contributed by atoms with van der Waals surface area (Å²) in [6.45, 7) is 6.69. The molecule has 2 aromatic rings. The molecule has 1 aromatic heterocycles. The van der Waals surface area contributed by atoms with Gasteiger partial charge < -0.3 is 14.2 Å². The summed E-state index contributed by atoms with van der Waals surface area (Å²) in [5, 5.41) is 0. The molecule has 5 heteroatoms. The Morgan fingerprint density at radius 3 is 1.77 bits per heavy atom. The highest BCUT2D eigenvalue weighted by molar-refractivity contribution is 5.13. The maximum absolute atomic E-state index is 6.17. The van der Waals surface area contributed by atoms with E-state index in [9.17, 15) is 0 Å². The molecule has 5 nitrogen and oxygen atoms in total. The standard InChI is InChI=1S/C34H59N2O3/c1-3-4-5-6-7-8-9-10-11-12-13-14-15-20-27-37-30-34(39-29-33-22-17-16-18-23-33)31-38-28-21-19-24-36-26-25-35(2)32-36/h16-18,22-23,25-26,32,34H,3-15,19-21,24,27-31H2,1-2H3/q+1. The summed E-state index contributed by atoms with van der Waals surface area (Å²) in [6, 6.07) is 10.4. The van der Waals surface area contributed by atoms with Crippen molar-refractivity contribution in [2.75, 3.05) is 26.4 Å². The van der Waals surface area contributed by atoms with Gasteiger partial charge in [-0.05, 0) is 24.8 Å². The van der Waals surface area contributed by atoms with Crippen LogP contribution in [-0.2, 0) is 34.4 Å². The maximum atomic E-state index is 6.17. The molecule has 0 aliphatic carbocycles. The van der Waals surface area contributed by atoms with Gasteiger partial charge in [-0.15, -0.1) is 0 Å². The number of aryl methyl sites for hydroxylation is 2. The minimum atomic E-state index is -0.0275. The average molecular weight is 544 g/mol. The van der Waals surface area contributed by atoms with Crippen molar-refractivity contribution < 1.29 is 18.8 Å². The molecule has 0 bridgehead atoms. The largest absolute Gasteiger partial charge is 0.379 e. The zero-order chi connectivity index (χ0) is 27.6. The van der Waals surface area contributed by atoms with Crippen LogP contribution in [0.4, 0.5) is 0 Å². The molecular formula is C34H59N2O3+. The summed E-state index contributed by atoms with van der Waals surface area (Å²) in [5.74, 6) is 0. The summed E-state index contributed by atoms with van der Waals surface area (Å²) >= 11 is 0. The minimum absolute atomic E-state index is 0.0275. The number of unbranched alkanes of at least 4 members (excludes halogenated alkanes) is 14. The van der Waals surface area contributed by atoms with Crippen LogP contribution < -0.4 is 4.57 Å². The first-order chi connectivity index (χ1) is 19.3. The van der Waals surface area contributed by atoms with E-state index in [0.29, 0.717) is 19.8 Å². The van der Waals surface area contributed by atoms with Crippen molar-refractivity contribution in [3.8, 4) is 0 Å². The molecule has 1 atom stereocenters. The third kappa shape index (κ3) is 19.1. The van der Waals surface area contributed by atoms with Crippen LogP contribution in [-0.4, -0.2) is 37.1 Å². The molecule has 0 radical (unpaired) electrons. The van der Waals surface area contributed by atoms with E-state index >= 15 is 0 Å². The summed E-state index contributed by atoms with van der Waals surface area (Å²) in [6.07, 6.45) is 27.7. The van der Waals surface area contributed by atoms with Gasteiger partial charge in [0, 0.05) is 13.2 Å². The highest BCUT2D eigenvalue weighted by Crippen LogP contribution is 2.13. The first kappa shape index (κ1) is 33.5. The molecule has 0 saturated heterocycles. The number of imidazole rings is 1. The van der Waals surface area contributed by atoms with Crippen LogP contribution in [0.25, 0.3) is 0 Å². The van der Waals surface area contributed by atoms with Crippen LogP contribution in [0, 0.1) is 0 Å². The first-order valence-electron chi connectivity index (χ1n) is 16.1. The predicted molar refractivity (Wildman–Crippen MR) is 162 cm³/mol. The van der Waals surface area contributed by atoms with Gasteiger partial charge in [-0.1, -0.05) is 121 Å². The quantitative estimate of drug-likeness (QED) is 0.0842. The van der Waals surface area contributed by atoms with Gasteiger partial charge in [-0.25, -0.2) is 9.13 Å². The van der Waals surface area contributed by atoms with Crippen molar-refractivity contribution in [1.82, 2.24) is 4.57 Å². The fraction of sp³-hybridized carbons (Fsp3) is 0.735. The second-order valence-electron chi connectivity index (χ2n) is 11.2. The lowest BCUT2D eigenvalue weighted by Gasteiger charge is -2.18. The maximum Gasteiger partial charge on any atom is 0.243 e. The zero-order valence-electron chi connectivity index (χ0n) is 25.4. The highest BCUT2D eigenvalue weighted by Gasteiger charge is 2.11. The van der Waals surface area contributed by atoms with E-state index in [1.165, 1.54) is 89.0 Å². The van der Waals surface area contributed by atoms with E-state index in [2.05, 4.69) is 66.1 Å². The molecule has 1 heterocycles. The summed E-state index contributed by atoms with van der Waals surface area (Å²) in [4.78, 5) is 0. The van der Waals surface area contributed by atoms with E-state index in [-0.39, 0.29) is 6.10 Å². The van der Waals surface area contributed by atoms with Crippen molar-refractivity contribution in [1.29, 1.82) is 0 Å². The van der Waals surface area contributed by atoms with Crippen molar-refractivity contribution in [2.24, 2.45) is 7.05 Å². The van der Waals surface area contributed by atoms with Crippen molar-refractivity contribution >= 4 is 0 Å². The fourth-order valence-electron chi connectivity index (χ4n) is 4.89. The van der Waals surface area contributed by atoms with Gasteiger partial charge in [0.05, 0.1) is 33.4 Å². The molecule has 39 heavy (non-hydrogen) atoms. The Labute approximate surface area is 240 Å². The molecule has 0 aliphatic heterocycles. The molecule has 222 valence electrons. The van der Waals surface area contributed by atoms with Gasteiger partial charge in [0.2, 0.25) is 6.33 Å². The Balaban J connectivity index is 1.46. The van der Waals surface area contributed by atoms with Crippen LogP contribution in [0.2, 0.25) is 0 Å². The Hall–Kier alpha value is -1.69. The van der Waals surface area contributed by atoms with E-state index < -0.39 is 0 Å². The third-order valence-corrected chi connectivity index (χ3v) is 7.36. The third-order valence-electron chi connectivity index (χ3n) is 7.36. The van der Waals surface area contributed by atoms with E-state index in [4.69, 9.17) is 14.2 Å². The van der Waals surface area contributed by atoms with Crippen LogP contribution in [0.1, 0.15) is 115 Å². The van der Waals surface area contributed by atoms with Crippen molar-refractivity contribution in [3.63, 3.8) is 0 Å².